The highest BCUT2D eigenvalue weighted by Gasteiger charge is 2.38. The quantitative estimate of drug-likeness (QED) is 0.331. The van der Waals surface area contributed by atoms with Crippen LogP contribution in [0.25, 0.3) is 22.1 Å². The van der Waals surface area contributed by atoms with Gasteiger partial charge in [-0.1, -0.05) is 36.4 Å². The first-order valence-corrected chi connectivity index (χ1v) is 11.8. The number of aryl methyl sites for hydroxylation is 1. The van der Waals surface area contributed by atoms with Crippen molar-refractivity contribution in [3.63, 3.8) is 0 Å². The summed E-state index contributed by atoms with van der Waals surface area (Å²) in [4.78, 5) is 30.4. The van der Waals surface area contributed by atoms with Gasteiger partial charge in [0.2, 0.25) is 5.65 Å². The van der Waals surface area contributed by atoms with E-state index in [1.165, 1.54) is 5.56 Å². The fraction of sp³-hybridized carbons (Fsp3) is 0.185. The zero-order chi connectivity index (χ0) is 28.0. The lowest BCUT2D eigenvalue weighted by atomic mass is 10.1. The highest BCUT2D eigenvalue weighted by Crippen LogP contribution is 2.25. The van der Waals surface area contributed by atoms with Gasteiger partial charge in [-0.25, -0.2) is 9.78 Å². The summed E-state index contributed by atoms with van der Waals surface area (Å²) >= 11 is 0. The minimum absolute atomic E-state index is 0.119. The fourth-order valence-electron chi connectivity index (χ4n) is 3.87. The molecule has 0 saturated carbocycles. The molecule has 0 atom stereocenters. The lowest BCUT2D eigenvalue weighted by Crippen LogP contribution is -2.25. The number of nitrogens with one attached hydrogen (secondary N) is 1. The minimum atomic E-state index is -5.08. The smallest absolute Gasteiger partial charge is 0.475 e. The number of nitrogens with zero attached hydrogens (tertiary/aromatic N) is 5. The summed E-state index contributed by atoms with van der Waals surface area (Å²) < 4.78 is 33.9. The number of benzene rings is 2. The molecule has 0 saturated heterocycles. The van der Waals surface area contributed by atoms with Gasteiger partial charge in [-0.15, -0.1) is 10.2 Å². The predicted molar refractivity (Wildman–Crippen MR) is 137 cm³/mol. The topological polar surface area (TPSA) is 123 Å². The van der Waals surface area contributed by atoms with Gasteiger partial charge >= 0.3 is 12.1 Å². The number of rotatable bonds is 6. The molecule has 200 valence electrons. The number of amides is 1. The van der Waals surface area contributed by atoms with Crippen molar-refractivity contribution in [1.29, 1.82) is 0 Å². The molecule has 0 aliphatic rings. The molecule has 9 nitrogen and oxygen atoms in total. The van der Waals surface area contributed by atoms with Crippen molar-refractivity contribution >= 4 is 33.9 Å². The number of carboxylic acids is 1. The van der Waals surface area contributed by atoms with Gasteiger partial charge in [-0.2, -0.15) is 13.2 Å². The largest absolute Gasteiger partial charge is 0.490 e. The summed E-state index contributed by atoms with van der Waals surface area (Å²) in [6.45, 7) is 3.18. The van der Waals surface area contributed by atoms with Crippen LogP contribution in [0.5, 0.6) is 0 Å². The van der Waals surface area contributed by atoms with E-state index >= 15 is 0 Å². The first-order chi connectivity index (χ1) is 18.6. The van der Waals surface area contributed by atoms with Gasteiger partial charge in [-0.05, 0) is 48.7 Å². The van der Waals surface area contributed by atoms with Crippen molar-refractivity contribution in [2.75, 3.05) is 6.54 Å². The number of hydrogen-bond acceptors (Lipinski definition) is 6. The highest BCUT2D eigenvalue weighted by atomic mass is 19.4. The van der Waals surface area contributed by atoms with Crippen molar-refractivity contribution in [3.05, 3.63) is 95.6 Å². The number of fused-ring (bicyclic) bond motifs is 3. The number of halogens is 3. The molecule has 5 aromatic rings. The Bertz CT molecular complexity index is 1610. The Morgan fingerprint density at radius 3 is 2.38 bits per heavy atom. The van der Waals surface area contributed by atoms with Crippen molar-refractivity contribution in [2.45, 2.75) is 26.1 Å². The van der Waals surface area contributed by atoms with E-state index in [4.69, 9.17) is 9.90 Å². The van der Waals surface area contributed by atoms with Crippen LogP contribution in [0.15, 0.2) is 73.1 Å². The van der Waals surface area contributed by atoms with Gasteiger partial charge in [0.25, 0.3) is 5.91 Å². The minimum Gasteiger partial charge on any atom is -0.475 e. The number of aromatic nitrogens is 5. The van der Waals surface area contributed by atoms with E-state index in [9.17, 15) is 18.0 Å². The average Bonchev–Trinajstić information content (AvgIpc) is 3.24. The fourth-order valence-corrected chi connectivity index (χ4v) is 3.87. The van der Waals surface area contributed by atoms with E-state index in [2.05, 4.69) is 42.2 Å². The Balaban J connectivity index is 0.000000448. The van der Waals surface area contributed by atoms with Crippen LogP contribution in [-0.2, 0) is 17.8 Å². The molecule has 0 radical (unpaired) electrons. The second-order valence-corrected chi connectivity index (χ2v) is 8.50. The molecular weight excluding hydrogens is 513 g/mol. The van der Waals surface area contributed by atoms with Crippen LogP contribution >= 0.6 is 0 Å². The molecule has 12 heteroatoms. The van der Waals surface area contributed by atoms with Crippen molar-refractivity contribution in [2.24, 2.45) is 0 Å². The monoisotopic (exact) mass is 536 g/mol. The van der Waals surface area contributed by atoms with Crippen LogP contribution in [0.4, 0.5) is 13.2 Å². The van der Waals surface area contributed by atoms with Gasteiger partial charge in [0.15, 0.2) is 0 Å². The van der Waals surface area contributed by atoms with E-state index < -0.39 is 12.1 Å². The molecule has 2 aromatic carbocycles. The summed E-state index contributed by atoms with van der Waals surface area (Å²) in [7, 11) is 0. The zero-order valence-electron chi connectivity index (χ0n) is 20.7. The molecule has 0 spiro atoms. The number of carbonyl (C=O) groups excluding carboxylic acids is 1. The Morgan fingerprint density at radius 2 is 1.72 bits per heavy atom. The first-order valence-electron chi connectivity index (χ1n) is 11.8. The van der Waals surface area contributed by atoms with Crippen LogP contribution in [0, 0.1) is 6.92 Å². The molecule has 5 rings (SSSR count). The van der Waals surface area contributed by atoms with Crippen LogP contribution in [0.3, 0.4) is 0 Å². The second-order valence-electron chi connectivity index (χ2n) is 8.50. The number of carbonyl (C=O) groups is 2. The second kappa shape index (κ2) is 11.7. The predicted octanol–water partition coefficient (Wildman–Crippen LogP) is 4.34. The number of imidazole rings is 1. The molecule has 0 fully saturated rings. The number of aliphatic carboxylic acids is 1. The first kappa shape index (κ1) is 27.2. The van der Waals surface area contributed by atoms with Crippen LogP contribution in [0.2, 0.25) is 0 Å². The van der Waals surface area contributed by atoms with Gasteiger partial charge in [0.05, 0.1) is 11.0 Å². The molecule has 0 bridgehead atoms. The molecule has 3 aromatic heterocycles. The van der Waals surface area contributed by atoms with E-state index in [1.54, 1.807) is 12.3 Å². The van der Waals surface area contributed by atoms with Crippen molar-refractivity contribution in [1.82, 2.24) is 30.0 Å². The SMILES string of the molecule is Cc1nc2nnc3ccc(C(=O)NCCc4cccnc4)cc3c2n1Cc1ccccc1.O=C(O)C(F)(F)F. The Labute approximate surface area is 220 Å². The normalized spacial score (nSPS) is 11.2. The highest BCUT2D eigenvalue weighted by molar-refractivity contribution is 6.05. The number of carboxylic acid groups (broad SMARTS) is 1. The van der Waals surface area contributed by atoms with Crippen LogP contribution in [0.1, 0.15) is 27.3 Å². The van der Waals surface area contributed by atoms with Crippen molar-refractivity contribution < 1.29 is 27.9 Å². The van der Waals surface area contributed by atoms with Crippen LogP contribution in [-0.4, -0.2) is 54.4 Å². The Hall–Kier alpha value is -4.87. The average molecular weight is 537 g/mol. The molecule has 39 heavy (non-hydrogen) atoms. The van der Waals surface area contributed by atoms with Gasteiger partial charge in [0, 0.05) is 36.4 Å². The van der Waals surface area contributed by atoms with E-state index in [0.29, 0.717) is 24.3 Å². The lowest BCUT2D eigenvalue weighted by molar-refractivity contribution is -0.192. The molecule has 2 N–H and O–H groups in total. The molecule has 3 heterocycles. The molecule has 0 aliphatic carbocycles. The third-order valence-corrected chi connectivity index (χ3v) is 5.75. The summed E-state index contributed by atoms with van der Waals surface area (Å²) in [5.74, 6) is -2.02. The molecular formula is C27H23F3N6O3. The Kier molecular flexibility index (Phi) is 8.13. The van der Waals surface area contributed by atoms with Gasteiger partial charge in [-0.3, -0.25) is 9.78 Å². The lowest BCUT2D eigenvalue weighted by Gasteiger charge is -2.10. The maximum absolute atomic E-state index is 12.8. The number of alkyl halides is 3. The third-order valence-electron chi connectivity index (χ3n) is 5.75. The third kappa shape index (κ3) is 6.72. The van der Waals surface area contributed by atoms with E-state index in [1.807, 2.05) is 55.6 Å². The molecule has 0 aliphatic heterocycles. The van der Waals surface area contributed by atoms with E-state index in [-0.39, 0.29) is 5.91 Å². The summed E-state index contributed by atoms with van der Waals surface area (Å²) in [6.07, 6.45) is -0.801. The summed E-state index contributed by atoms with van der Waals surface area (Å²) in [5, 5.41) is 19.6. The summed E-state index contributed by atoms with van der Waals surface area (Å²) in [6, 6.07) is 19.6. The standard InChI is InChI=1S/C25H22N6O.C2HF3O2/c1-17-28-24-23(31(17)16-19-6-3-2-4-7-19)21-14-20(9-10-22(21)29-30-24)25(32)27-13-11-18-8-5-12-26-15-18;3-2(4,5)1(6)7/h2-10,12,14-15H,11,13,16H2,1H3,(H,27,32);(H,6,7). The van der Waals surface area contributed by atoms with Crippen molar-refractivity contribution in [3.8, 4) is 0 Å². The Morgan fingerprint density at radius 1 is 1.00 bits per heavy atom. The molecule has 1 amide bonds. The number of pyridine rings is 1. The molecule has 0 unspecified atom stereocenters. The van der Waals surface area contributed by atoms with Gasteiger partial charge in [0.1, 0.15) is 5.82 Å². The zero-order valence-corrected chi connectivity index (χ0v) is 20.7. The summed E-state index contributed by atoms with van der Waals surface area (Å²) in [5.41, 5.74) is 5.05. The number of hydrogen-bond donors (Lipinski definition) is 2. The maximum atomic E-state index is 12.8. The maximum Gasteiger partial charge on any atom is 0.490 e. The van der Waals surface area contributed by atoms with E-state index in [0.717, 1.165) is 34.2 Å². The van der Waals surface area contributed by atoms with Gasteiger partial charge < -0.3 is 15.0 Å². The van der Waals surface area contributed by atoms with Crippen LogP contribution < -0.4 is 5.32 Å².